The van der Waals surface area contributed by atoms with Crippen LogP contribution in [0.1, 0.15) is 40.5 Å². The summed E-state index contributed by atoms with van der Waals surface area (Å²) in [6, 6.07) is 19.6. The summed E-state index contributed by atoms with van der Waals surface area (Å²) in [6.45, 7) is 7.82. The Morgan fingerprint density at radius 3 is 1.86 bits per heavy atom. The smallest absolute Gasteiger partial charge is 0.331 e. The Labute approximate surface area is 179 Å². The summed E-state index contributed by atoms with van der Waals surface area (Å²) in [5.74, 6) is -0.984. The topological polar surface area (TPSA) is 63.6 Å². The molecule has 0 bridgehead atoms. The van der Waals surface area contributed by atoms with Gasteiger partial charge in [0.05, 0.1) is 0 Å². The van der Waals surface area contributed by atoms with Gasteiger partial charge in [-0.25, -0.2) is 4.79 Å². The van der Waals surface area contributed by atoms with E-state index in [0.29, 0.717) is 6.42 Å². The molecule has 0 heterocycles. The van der Waals surface area contributed by atoms with Gasteiger partial charge in [-0.05, 0) is 28.6 Å². The van der Waals surface area contributed by atoms with E-state index in [0.717, 1.165) is 16.8 Å². The van der Waals surface area contributed by atoms with E-state index >= 15 is 0 Å². The molecule has 29 heavy (non-hydrogen) atoms. The second kappa shape index (κ2) is 10.8. The number of carbonyl (C=O) groups is 2. The van der Waals surface area contributed by atoms with Crippen LogP contribution in [0.15, 0.2) is 60.7 Å². The van der Waals surface area contributed by atoms with Crippen LogP contribution in [0, 0.1) is 5.41 Å². The number of benzene rings is 2. The van der Waals surface area contributed by atoms with Gasteiger partial charge < -0.3 is 9.53 Å². The van der Waals surface area contributed by atoms with Gasteiger partial charge in [-0.1, -0.05) is 93.2 Å². The number of carboxylic acids is 1. The first-order valence-corrected chi connectivity index (χ1v) is 12.0. The fourth-order valence-electron chi connectivity index (χ4n) is 3.15. The predicted molar refractivity (Wildman–Crippen MR) is 121 cm³/mol. The first kappa shape index (κ1) is 23.4. The lowest BCUT2D eigenvalue weighted by atomic mass is 9.89. The average Bonchev–Trinajstić information content (AvgIpc) is 2.64. The first-order chi connectivity index (χ1) is 13.7. The fraction of sp³-hybridized carbons (Fsp3) is 0.391. The molecule has 0 saturated carbocycles. The average molecular weight is 430 g/mol. The summed E-state index contributed by atoms with van der Waals surface area (Å²) in [7, 11) is -1.73. The van der Waals surface area contributed by atoms with Crippen LogP contribution in [0.5, 0.6) is 0 Å². The largest absolute Gasteiger partial charge is 0.479 e. The number of hydrogen-bond donors (Lipinski definition) is 1. The highest BCUT2D eigenvalue weighted by molar-refractivity contribution is 8.14. The van der Waals surface area contributed by atoms with Gasteiger partial charge in [0, 0.05) is 12.2 Å². The number of hydrogen-bond acceptors (Lipinski definition) is 4. The quantitative estimate of drug-likeness (QED) is 0.615. The fourth-order valence-corrected chi connectivity index (χ4v) is 6.55. The summed E-state index contributed by atoms with van der Waals surface area (Å²) in [6.07, 6.45) is 0.0666. The van der Waals surface area contributed by atoms with Crippen LogP contribution in [0.3, 0.4) is 0 Å². The molecular formula is C23H29O4SSi. The van der Waals surface area contributed by atoms with Crippen LogP contribution < -0.4 is 10.4 Å². The van der Waals surface area contributed by atoms with Gasteiger partial charge in [0.1, 0.15) is 6.10 Å². The van der Waals surface area contributed by atoms with E-state index in [1.807, 2.05) is 60.7 Å². The van der Waals surface area contributed by atoms with Gasteiger partial charge in [-0.2, -0.15) is 0 Å². The molecule has 4 nitrogen and oxygen atoms in total. The van der Waals surface area contributed by atoms with E-state index in [9.17, 15) is 14.7 Å². The van der Waals surface area contributed by atoms with Crippen LogP contribution in [0.25, 0.3) is 0 Å². The van der Waals surface area contributed by atoms with Gasteiger partial charge >= 0.3 is 5.97 Å². The highest BCUT2D eigenvalue weighted by atomic mass is 32.2. The zero-order valence-corrected chi connectivity index (χ0v) is 19.2. The standard InChI is InChI=1S/C23H29O4SSi/c1-17(24)28-18(16-23(2,3)4)15-21(22(25)26)27-29(19-11-7-5-8-12-19)20-13-9-6-10-14-20/h5-14,18,21H,15-16H2,1-4H3,(H,25,26). The molecule has 0 aromatic heterocycles. The molecule has 0 saturated heterocycles. The van der Waals surface area contributed by atoms with Gasteiger partial charge in [-0.3, -0.25) is 4.79 Å². The Balaban J connectivity index is 2.29. The molecule has 1 N–H and O–H groups in total. The van der Waals surface area contributed by atoms with Crippen molar-refractivity contribution in [1.29, 1.82) is 0 Å². The van der Waals surface area contributed by atoms with Crippen molar-refractivity contribution in [3.8, 4) is 0 Å². The van der Waals surface area contributed by atoms with Crippen LogP contribution in [-0.2, 0) is 14.0 Å². The van der Waals surface area contributed by atoms with Crippen molar-refractivity contribution < 1.29 is 19.1 Å². The van der Waals surface area contributed by atoms with Gasteiger partial charge in [-0.15, -0.1) is 0 Å². The molecule has 2 aromatic carbocycles. The molecule has 2 aromatic rings. The molecule has 155 valence electrons. The zero-order valence-electron chi connectivity index (χ0n) is 17.4. The molecule has 0 spiro atoms. The highest BCUT2D eigenvalue weighted by Gasteiger charge is 2.32. The van der Waals surface area contributed by atoms with Gasteiger partial charge in [0.15, 0.2) is 5.12 Å². The molecular weight excluding hydrogens is 400 g/mol. The Bertz CT molecular complexity index is 750. The third-order valence-corrected chi connectivity index (χ3v) is 7.52. The lowest BCUT2D eigenvalue weighted by Crippen LogP contribution is -2.49. The monoisotopic (exact) mass is 429 g/mol. The summed E-state index contributed by atoms with van der Waals surface area (Å²) in [4.78, 5) is 23.8. The summed E-state index contributed by atoms with van der Waals surface area (Å²) in [5.41, 5.74) is -0.0111. The van der Waals surface area contributed by atoms with Crippen molar-refractivity contribution in [2.75, 3.05) is 0 Å². The van der Waals surface area contributed by atoms with E-state index in [4.69, 9.17) is 4.43 Å². The lowest BCUT2D eigenvalue weighted by molar-refractivity contribution is -0.145. The van der Waals surface area contributed by atoms with E-state index in [1.54, 1.807) is 0 Å². The number of thioether (sulfide) groups is 1. The number of carbonyl (C=O) groups excluding carboxylic acids is 1. The molecule has 0 amide bonds. The van der Waals surface area contributed by atoms with E-state index in [1.165, 1.54) is 18.7 Å². The molecule has 2 atom stereocenters. The Morgan fingerprint density at radius 2 is 1.48 bits per heavy atom. The maximum Gasteiger partial charge on any atom is 0.331 e. The normalized spacial score (nSPS) is 13.8. The van der Waals surface area contributed by atoms with Gasteiger partial charge in [0.25, 0.3) is 9.04 Å². The third-order valence-electron chi connectivity index (χ3n) is 4.26. The van der Waals surface area contributed by atoms with Gasteiger partial charge in [0.2, 0.25) is 0 Å². The zero-order chi connectivity index (χ0) is 21.4. The maximum atomic E-state index is 12.1. The molecule has 0 aliphatic carbocycles. The molecule has 0 aliphatic heterocycles. The van der Waals surface area contributed by atoms with E-state index in [-0.39, 0.29) is 15.8 Å². The lowest BCUT2D eigenvalue weighted by Gasteiger charge is -2.28. The molecule has 0 fully saturated rings. The molecule has 6 heteroatoms. The van der Waals surface area contributed by atoms with Crippen molar-refractivity contribution in [2.24, 2.45) is 5.41 Å². The summed E-state index contributed by atoms with van der Waals surface area (Å²) in [5, 5.41) is 11.8. The molecule has 2 rings (SSSR count). The minimum atomic E-state index is -1.73. The second-order valence-electron chi connectivity index (χ2n) is 8.24. The Hall–Kier alpha value is -1.89. The Morgan fingerprint density at radius 1 is 1.00 bits per heavy atom. The van der Waals surface area contributed by atoms with E-state index in [2.05, 4.69) is 20.8 Å². The van der Waals surface area contributed by atoms with Crippen LogP contribution in [0.4, 0.5) is 0 Å². The number of aliphatic carboxylic acids is 1. The van der Waals surface area contributed by atoms with Crippen LogP contribution in [-0.4, -0.2) is 36.6 Å². The summed E-state index contributed by atoms with van der Waals surface area (Å²) >= 11 is 1.22. The maximum absolute atomic E-state index is 12.1. The molecule has 0 aliphatic rings. The second-order valence-corrected chi connectivity index (χ2v) is 11.8. The SMILES string of the molecule is CC(=O)SC(CC(O[Si](c1ccccc1)c1ccccc1)C(=O)O)CC(C)(C)C. The molecule has 1 radical (unpaired) electrons. The third kappa shape index (κ3) is 8.16. The predicted octanol–water partition coefficient (Wildman–Crippen LogP) is 3.74. The van der Waals surface area contributed by atoms with Crippen LogP contribution in [0.2, 0.25) is 0 Å². The molecule has 2 unspecified atom stereocenters. The Kier molecular flexibility index (Phi) is 8.68. The summed E-state index contributed by atoms with van der Waals surface area (Å²) < 4.78 is 6.29. The van der Waals surface area contributed by atoms with Crippen molar-refractivity contribution >= 4 is 42.3 Å². The number of rotatable bonds is 9. The number of carboxylic acid groups (broad SMARTS) is 1. The van der Waals surface area contributed by atoms with Crippen molar-refractivity contribution in [3.05, 3.63) is 60.7 Å². The minimum absolute atomic E-state index is 0.0000344. The highest BCUT2D eigenvalue weighted by Crippen LogP contribution is 2.31. The van der Waals surface area contributed by atoms with Crippen molar-refractivity contribution in [1.82, 2.24) is 0 Å². The first-order valence-electron chi connectivity index (χ1n) is 9.70. The van der Waals surface area contributed by atoms with Crippen molar-refractivity contribution in [2.45, 2.75) is 51.9 Å². The van der Waals surface area contributed by atoms with Crippen molar-refractivity contribution in [3.63, 3.8) is 0 Å². The van der Waals surface area contributed by atoms with Crippen LogP contribution >= 0.6 is 11.8 Å². The minimum Gasteiger partial charge on any atom is -0.479 e. The van der Waals surface area contributed by atoms with E-state index < -0.39 is 21.1 Å².